The number of allylic oxidation sites excluding steroid dienone is 1. The highest BCUT2D eigenvalue weighted by molar-refractivity contribution is 5.82. The van der Waals surface area contributed by atoms with Gasteiger partial charge >= 0.3 is 17.9 Å². The van der Waals surface area contributed by atoms with Gasteiger partial charge in [-0.1, -0.05) is 60.1 Å². The number of hydrogen-bond acceptors (Lipinski definition) is 7. The highest BCUT2D eigenvalue weighted by atomic mass is 16.6. The van der Waals surface area contributed by atoms with Gasteiger partial charge in [-0.25, -0.2) is 0 Å². The first kappa shape index (κ1) is 33.9. The monoisotopic (exact) mass is 628 g/mol. The van der Waals surface area contributed by atoms with Crippen molar-refractivity contribution < 1.29 is 33.7 Å². The molecule has 4 aliphatic carbocycles. The van der Waals surface area contributed by atoms with Crippen molar-refractivity contribution in [3.63, 3.8) is 0 Å². The van der Waals surface area contributed by atoms with Crippen LogP contribution in [-0.4, -0.2) is 54.3 Å². The van der Waals surface area contributed by atoms with Gasteiger partial charge in [-0.15, -0.1) is 0 Å². The summed E-state index contributed by atoms with van der Waals surface area (Å²) in [6.45, 7) is 17.9. The first-order valence-electron chi connectivity index (χ1n) is 17.1. The number of hydrogen-bond donors (Lipinski definition) is 3. The van der Waals surface area contributed by atoms with Crippen LogP contribution in [0.5, 0.6) is 0 Å². The standard InChI is InChI=1S/C36H56N2O7/c1-20(2)21(3)32(5)15-16-34(7)23-9-10-26-33(6)18-43-19-36(26,24(23)13-14-35(34,8)29(32)31(41)42)17-25(44-22(4)39)30(33)45-28(40)12-11-27(37)38/h13,20-21,23,25-26,29-30H,9-12,14-19H2,1-8H3,(H3,37,38)(H,41,42)/t21-,23+,25-,26+,29-,30+,32-,33-,34-,35+,36+/m1/s1. The molecule has 0 radical (unpaired) electrons. The Morgan fingerprint density at radius 1 is 1.04 bits per heavy atom. The lowest BCUT2D eigenvalue weighted by Gasteiger charge is -2.71. The third kappa shape index (κ3) is 4.96. The van der Waals surface area contributed by atoms with Crippen molar-refractivity contribution in [2.45, 2.75) is 119 Å². The van der Waals surface area contributed by atoms with Crippen LogP contribution in [0.2, 0.25) is 0 Å². The number of esters is 2. The van der Waals surface area contributed by atoms with Crippen LogP contribution in [0.25, 0.3) is 0 Å². The van der Waals surface area contributed by atoms with Crippen LogP contribution in [0.15, 0.2) is 11.6 Å². The van der Waals surface area contributed by atoms with Crippen LogP contribution in [-0.2, 0) is 28.6 Å². The van der Waals surface area contributed by atoms with Crippen molar-refractivity contribution in [1.82, 2.24) is 0 Å². The second kappa shape index (κ2) is 11.4. The lowest BCUT2D eigenvalue weighted by molar-refractivity contribution is -0.263. The molecule has 9 heteroatoms. The second-order valence-corrected chi connectivity index (χ2v) is 16.6. The maximum absolute atomic E-state index is 13.3. The number of carboxylic acids is 1. The molecule has 2 bridgehead atoms. The highest BCUT2D eigenvalue weighted by Gasteiger charge is 2.72. The number of carbonyl (C=O) groups excluding carboxylic acids is 2. The summed E-state index contributed by atoms with van der Waals surface area (Å²) in [5.74, 6) is -1.11. The normalized spacial score (nSPS) is 44.4. The molecule has 5 aliphatic rings. The number of fused-ring (bicyclic) bond motifs is 3. The quantitative estimate of drug-likeness (QED) is 0.126. The van der Waals surface area contributed by atoms with E-state index >= 15 is 0 Å². The lowest BCUT2D eigenvalue weighted by atomic mass is 9.34. The Morgan fingerprint density at radius 3 is 2.33 bits per heavy atom. The molecule has 3 saturated carbocycles. The number of nitrogens with one attached hydrogen (secondary N) is 1. The Bertz CT molecular complexity index is 1280. The summed E-state index contributed by atoms with van der Waals surface area (Å²) < 4.78 is 18.5. The molecule has 1 aliphatic heterocycles. The van der Waals surface area contributed by atoms with E-state index in [2.05, 4.69) is 54.5 Å². The van der Waals surface area contributed by atoms with E-state index in [1.807, 2.05) is 0 Å². The summed E-state index contributed by atoms with van der Waals surface area (Å²) in [4.78, 5) is 38.7. The average Bonchev–Trinajstić information content (AvgIpc) is 2.93. The molecule has 9 nitrogen and oxygen atoms in total. The molecule has 45 heavy (non-hydrogen) atoms. The van der Waals surface area contributed by atoms with Crippen molar-refractivity contribution in [2.24, 2.45) is 62.4 Å². The summed E-state index contributed by atoms with van der Waals surface area (Å²) in [7, 11) is 0. The van der Waals surface area contributed by atoms with Crippen LogP contribution in [0.3, 0.4) is 0 Å². The molecular formula is C36H56N2O7. The van der Waals surface area contributed by atoms with E-state index in [-0.39, 0.29) is 47.3 Å². The van der Waals surface area contributed by atoms with E-state index in [0.717, 1.165) is 25.7 Å². The number of amidine groups is 1. The minimum Gasteiger partial charge on any atom is -0.481 e. The summed E-state index contributed by atoms with van der Waals surface area (Å²) in [5, 5.41) is 18.4. The summed E-state index contributed by atoms with van der Waals surface area (Å²) in [5.41, 5.74) is 4.90. The predicted molar refractivity (Wildman–Crippen MR) is 170 cm³/mol. The van der Waals surface area contributed by atoms with Gasteiger partial charge in [0.1, 0.15) is 12.2 Å². The maximum Gasteiger partial charge on any atom is 0.307 e. The largest absolute Gasteiger partial charge is 0.481 e. The van der Waals surface area contributed by atoms with E-state index in [0.29, 0.717) is 32.0 Å². The average molecular weight is 629 g/mol. The van der Waals surface area contributed by atoms with Crippen LogP contribution >= 0.6 is 0 Å². The molecule has 0 unspecified atom stereocenters. The Balaban J connectivity index is 1.57. The number of carboxylic acid groups (broad SMARTS) is 1. The van der Waals surface area contributed by atoms with Crippen LogP contribution in [0, 0.1) is 62.1 Å². The van der Waals surface area contributed by atoms with Gasteiger partial charge in [0.25, 0.3) is 0 Å². The molecule has 0 spiro atoms. The van der Waals surface area contributed by atoms with Gasteiger partial charge in [-0.05, 0) is 78.4 Å². The zero-order chi connectivity index (χ0) is 33.3. The van der Waals surface area contributed by atoms with Crippen molar-refractivity contribution in [3.8, 4) is 0 Å². The minimum atomic E-state index is -0.683. The third-order valence-electron chi connectivity index (χ3n) is 14.2. The molecular weight excluding hydrogens is 572 g/mol. The molecule has 0 aromatic carbocycles. The van der Waals surface area contributed by atoms with Gasteiger partial charge in [-0.3, -0.25) is 19.8 Å². The van der Waals surface area contributed by atoms with E-state index in [1.165, 1.54) is 12.5 Å². The molecule has 0 aromatic heterocycles. The summed E-state index contributed by atoms with van der Waals surface area (Å²) >= 11 is 0. The third-order valence-corrected chi connectivity index (χ3v) is 14.2. The first-order valence-corrected chi connectivity index (χ1v) is 17.1. The van der Waals surface area contributed by atoms with Gasteiger partial charge in [0.2, 0.25) is 0 Å². The SMILES string of the molecule is CC(=O)O[C@@H]1C[C@@]23COC[C@](C)([C@@H]2CC[C@H]2C3=CC[C@@]3(C)[C@H](C(=O)O)[C@@](C)([C@H](C)C(C)C)CC[C@]23C)[C@H]1OC(=O)CCC(=N)N. The molecule has 11 atom stereocenters. The van der Waals surface area contributed by atoms with Gasteiger partial charge in [0.15, 0.2) is 0 Å². The molecule has 5 rings (SSSR count). The molecule has 4 N–H and O–H groups in total. The second-order valence-electron chi connectivity index (χ2n) is 16.6. The topological polar surface area (TPSA) is 149 Å². The van der Waals surface area contributed by atoms with Gasteiger partial charge < -0.3 is 25.1 Å². The number of rotatable bonds is 8. The molecule has 1 heterocycles. The Hall–Kier alpha value is -2.42. The smallest absolute Gasteiger partial charge is 0.307 e. The van der Waals surface area contributed by atoms with Crippen LogP contribution in [0.1, 0.15) is 107 Å². The fourth-order valence-electron chi connectivity index (χ4n) is 11.5. The number of aliphatic carboxylic acids is 1. The van der Waals surface area contributed by atoms with Crippen LogP contribution in [0.4, 0.5) is 0 Å². The highest BCUT2D eigenvalue weighted by Crippen LogP contribution is 2.75. The zero-order valence-electron chi connectivity index (χ0n) is 28.7. The number of carbonyl (C=O) groups is 3. The van der Waals surface area contributed by atoms with Gasteiger partial charge in [0.05, 0.1) is 31.4 Å². The van der Waals surface area contributed by atoms with Crippen molar-refractivity contribution in [2.75, 3.05) is 13.2 Å². The van der Waals surface area contributed by atoms with Crippen LogP contribution < -0.4 is 5.73 Å². The minimum absolute atomic E-state index is 0.00533. The van der Waals surface area contributed by atoms with E-state index in [4.69, 9.17) is 25.4 Å². The molecule has 0 amide bonds. The molecule has 252 valence electrons. The van der Waals surface area contributed by atoms with Crippen molar-refractivity contribution in [3.05, 3.63) is 11.6 Å². The van der Waals surface area contributed by atoms with E-state index in [9.17, 15) is 19.5 Å². The predicted octanol–water partition coefficient (Wildman–Crippen LogP) is 6.13. The van der Waals surface area contributed by atoms with Crippen molar-refractivity contribution in [1.29, 1.82) is 5.41 Å². The first-order chi connectivity index (χ1) is 20.9. The molecule has 1 saturated heterocycles. The number of nitrogens with two attached hydrogens (primary N) is 1. The Morgan fingerprint density at radius 2 is 1.73 bits per heavy atom. The Labute approximate surface area is 268 Å². The van der Waals surface area contributed by atoms with Crippen molar-refractivity contribution >= 4 is 23.7 Å². The fourth-order valence-corrected chi connectivity index (χ4v) is 11.5. The van der Waals surface area contributed by atoms with E-state index < -0.39 is 52.3 Å². The summed E-state index contributed by atoms with van der Waals surface area (Å²) in [6, 6.07) is 0. The van der Waals surface area contributed by atoms with Gasteiger partial charge in [-0.2, -0.15) is 0 Å². The van der Waals surface area contributed by atoms with E-state index in [1.54, 1.807) is 0 Å². The number of ether oxygens (including phenoxy) is 3. The molecule has 0 aromatic rings. The lowest BCUT2D eigenvalue weighted by Crippen LogP contribution is -2.70. The summed E-state index contributed by atoms with van der Waals surface area (Å²) in [6.07, 6.45) is 6.01. The fraction of sp³-hybridized carbons (Fsp3) is 0.833. The Kier molecular flexibility index (Phi) is 8.58. The molecule has 4 fully saturated rings. The zero-order valence-corrected chi connectivity index (χ0v) is 28.7. The van der Waals surface area contributed by atoms with Gasteiger partial charge in [0, 0.05) is 24.2 Å². The maximum atomic E-state index is 13.3.